The minimum absolute atomic E-state index is 0.110. The van der Waals surface area contributed by atoms with Crippen LogP contribution in [0.2, 0.25) is 0 Å². The molecule has 4 fully saturated rings. The predicted octanol–water partition coefficient (Wildman–Crippen LogP) is 1.48. The van der Waals surface area contributed by atoms with E-state index in [-0.39, 0.29) is 36.3 Å². The topological polar surface area (TPSA) is 57.4 Å². The summed E-state index contributed by atoms with van der Waals surface area (Å²) in [5.74, 6) is 0.646. The Bertz CT molecular complexity index is 499. The molecule has 8 unspecified atom stereocenters. The fourth-order valence-electron chi connectivity index (χ4n) is 5.21. The Morgan fingerprint density at radius 1 is 0.852 bits per heavy atom. The van der Waals surface area contributed by atoms with Crippen LogP contribution in [-0.2, 0) is 4.74 Å². The van der Waals surface area contributed by atoms with Gasteiger partial charge in [-0.2, -0.15) is 0 Å². The van der Waals surface area contributed by atoms with Crippen LogP contribution in [0.4, 0.5) is 8.78 Å². The molecule has 0 spiro atoms. The van der Waals surface area contributed by atoms with Gasteiger partial charge in [-0.1, -0.05) is 0 Å². The zero-order chi connectivity index (χ0) is 19.0. The van der Waals surface area contributed by atoms with E-state index in [1.54, 1.807) is 0 Å². The van der Waals surface area contributed by atoms with E-state index >= 15 is 0 Å². The molecule has 7 heteroatoms. The summed E-state index contributed by atoms with van der Waals surface area (Å²) in [7, 11) is 0. The average Bonchev–Trinajstić information content (AvgIpc) is 3.40. The highest BCUT2D eigenvalue weighted by Gasteiger charge is 2.46. The van der Waals surface area contributed by atoms with Crippen molar-refractivity contribution in [1.82, 2.24) is 21.3 Å². The van der Waals surface area contributed by atoms with Gasteiger partial charge in [0.25, 0.3) is 0 Å². The van der Waals surface area contributed by atoms with E-state index in [4.69, 9.17) is 4.74 Å². The quantitative estimate of drug-likeness (QED) is 0.508. The van der Waals surface area contributed by atoms with E-state index in [9.17, 15) is 8.78 Å². The van der Waals surface area contributed by atoms with Gasteiger partial charge in [-0.25, -0.2) is 8.78 Å². The van der Waals surface area contributed by atoms with E-state index in [1.807, 2.05) is 0 Å². The Balaban J connectivity index is 1.53. The molecule has 156 valence electrons. The molecule has 5 nitrogen and oxygen atoms in total. The fraction of sp³-hybridized carbons (Fsp3) is 1.00. The van der Waals surface area contributed by atoms with E-state index < -0.39 is 12.3 Å². The second-order valence-corrected chi connectivity index (χ2v) is 9.22. The lowest BCUT2D eigenvalue weighted by Crippen LogP contribution is -2.57. The summed E-state index contributed by atoms with van der Waals surface area (Å²) in [6.45, 7) is 5.90. The highest BCUT2D eigenvalue weighted by atomic mass is 19.1. The lowest BCUT2D eigenvalue weighted by molar-refractivity contribution is -0.0417. The van der Waals surface area contributed by atoms with Crippen molar-refractivity contribution < 1.29 is 13.5 Å². The maximum absolute atomic E-state index is 14.8. The number of halogens is 2. The highest BCUT2D eigenvalue weighted by molar-refractivity contribution is 5.03. The number of rotatable bonds is 0. The van der Waals surface area contributed by atoms with Gasteiger partial charge < -0.3 is 15.4 Å². The third kappa shape index (κ3) is 4.81. The van der Waals surface area contributed by atoms with Gasteiger partial charge in [0, 0.05) is 49.7 Å². The Hall–Kier alpha value is -0.340. The summed E-state index contributed by atoms with van der Waals surface area (Å²) < 4.78 is 35.1. The molecule has 0 amide bonds. The van der Waals surface area contributed by atoms with Crippen LogP contribution in [0.25, 0.3) is 0 Å². The van der Waals surface area contributed by atoms with E-state index in [0.29, 0.717) is 44.5 Å². The van der Waals surface area contributed by atoms with Gasteiger partial charge in [-0.05, 0) is 46.0 Å². The predicted molar refractivity (Wildman–Crippen MR) is 102 cm³/mol. The third-order valence-electron chi connectivity index (χ3n) is 7.07. The standard InChI is InChI=1S/C20H36F2N4O/c1-11-5-6-27-19-4-3-13(21)7-14(19)12(2)26-20-15-8-17(15)23-9-16(22)18(25-11)10-24-20/h11-20,23-26H,3-10H2,1-2H3/t11?,12-,13?,14?,15?,16?,17?,18?,19?,20-/m1/s1. The van der Waals surface area contributed by atoms with Crippen LogP contribution < -0.4 is 21.3 Å². The van der Waals surface area contributed by atoms with Crippen LogP contribution in [0.5, 0.6) is 0 Å². The van der Waals surface area contributed by atoms with Gasteiger partial charge in [-0.3, -0.25) is 10.6 Å². The third-order valence-corrected chi connectivity index (χ3v) is 7.07. The van der Waals surface area contributed by atoms with Crippen molar-refractivity contribution in [2.45, 2.75) is 94.7 Å². The van der Waals surface area contributed by atoms with Crippen molar-refractivity contribution in [2.24, 2.45) is 11.8 Å². The van der Waals surface area contributed by atoms with Crippen molar-refractivity contribution in [3.63, 3.8) is 0 Å². The number of fused-ring (bicyclic) bond motifs is 6. The molecule has 2 aliphatic carbocycles. The van der Waals surface area contributed by atoms with Crippen molar-refractivity contribution in [3.05, 3.63) is 0 Å². The molecule has 0 aromatic carbocycles. The molecule has 27 heavy (non-hydrogen) atoms. The molecule has 4 rings (SSSR count). The minimum atomic E-state index is -0.918. The summed E-state index contributed by atoms with van der Waals surface area (Å²) in [5, 5.41) is 14.2. The molecule has 2 heterocycles. The molecule has 10 atom stereocenters. The van der Waals surface area contributed by atoms with E-state index in [1.165, 1.54) is 0 Å². The first-order valence-electron chi connectivity index (χ1n) is 10.9. The molecule has 4 aliphatic rings. The van der Waals surface area contributed by atoms with Crippen LogP contribution in [0.1, 0.15) is 46.0 Å². The van der Waals surface area contributed by atoms with Crippen LogP contribution in [0.15, 0.2) is 0 Å². The van der Waals surface area contributed by atoms with Gasteiger partial charge in [0.1, 0.15) is 12.3 Å². The first kappa shape index (κ1) is 20.0. The van der Waals surface area contributed by atoms with Crippen LogP contribution in [0, 0.1) is 11.8 Å². The Morgan fingerprint density at radius 2 is 1.70 bits per heavy atom. The van der Waals surface area contributed by atoms with Gasteiger partial charge in [0.15, 0.2) is 0 Å². The maximum atomic E-state index is 14.8. The second-order valence-electron chi connectivity index (χ2n) is 9.22. The smallest absolute Gasteiger partial charge is 0.129 e. The van der Waals surface area contributed by atoms with E-state index in [0.717, 1.165) is 19.3 Å². The fourth-order valence-corrected chi connectivity index (χ4v) is 5.21. The van der Waals surface area contributed by atoms with Gasteiger partial charge in [0.2, 0.25) is 0 Å². The summed E-state index contributed by atoms with van der Waals surface area (Å²) >= 11 is 0. The molecule has 2 saturated heterocycles. The monoisotopic (exact) mass is 386 g/mol. The largest absolute Gasteiger partial charge is 0.378 e. The number of hydrogen-bond acceptors (Lipinski definition) is 5. The van der Waals surface area contributed by atoms with Crippen LogP contribution in [-0.4, -0.2) is 68.5 Å². The summed E-state index contributed by atoms with van der Waals surface area (Å²) in [6, 6.07) is 0.504. The summed E-state index contributed by atoms with van der Waals surface area (Å²) in [5.41, 5.74) is 0. The van der Waals surface area contributed by atoms with Crippen molar-refractivity contribution in [1.29, 1.82) is 0 Å². The SMILES string of the molecule is CC1CCOC2CCC(F)CC2[C@@H](C)N[C@H]2NCC(N1)C(F)CNC1CC12. The lowest BCUT2D eigenvalue weighted by atomic mass is 9.80. The number of ether oxygens (including phenoxy) is 1. The number of alkyl halides is 2. The molecule has 0 radical (unpaired) electrons. The molecule has 0 aromatic rings. The minimum Gasteiger partial charge on any atom is -0.378 e. The first-order chi connectivity index (χ1) is 13.0. The molecule has 2 aliphatic heterocycles. The lowest BCUT2D eigenvalue weighted by Gasteiger charge is -2.39. The molecular weight excluding hydrogens is 350 g/mol. The molecular formula is C20H36F2N4O. The number of hydrogen-bond donors (Lipinski definition) is 4. The summed E-state index contributed by atoms with van der Waals surface area (Å²) in [6.07, 6.45) is 2.46. The molecule has 0 aromatic heterocycles. The maximum Gasteiger partial charge on any atom is 0.129 e. The average molecular weight is 387 g/mol. The zero-order valence-corrected chi connectivity index (χ0v) is 16.6. The van der Waals surface area contributed by atoms with Crippen LogP contribution >= 0.6 is 0 Å². The van der Waals surface area contributed by atoms with Crippen molar-refractivity contribution >= 4 is 0 Å². The van der Waals surface area contributed by atoms with Crippen molar-refractivity contribution in [2.75, 3.05) is 19.7 Å². The Morgan fingerprint density at radius 3 is 2.56 bits per heavy atom. The Labute approximate surface area is 161 Å². The molecule has 2 saturated carbocycles. The highest BCUT2D eigenvalue weighted by Crippen LogP contribution is 2.36. The van der Waals surface area contributed by atoms with Crippen molar-refractivity contribution in [3.8, 4) is 0 Å². The normalized spacial score (nSPS) is 52.0. The van der Waals surface area contributed by atoms with Gasteiger partial charge in [-0.15, -0.1) is 0 Å². The van der Waals surface area contributed by atoms with Gasteiger partial charge >= 0.3 is 0 Å². The Kier molecular flexibility index (Phi) is 6.34. The van der Waals surface area contributed by atoms with E-state index in [2.05, 4.69) is 35.1 Å². The molecule has 4 N–H and O–H groups in total. The zero-order valence-electron chi connectivity index (χ0n) is 16.6. The second kappa shape index (κ2) is 8.57. The van der Waals surface area contributed by atoms with Gasteiger partial charge in [0.05, 0.1) is 18.3 Å². The first-order valence-corrected chi connectivity index (χ1v) is 10.9. The molecule has 2 bridgehead atoms. The van der Waals surface area contributed by atoms with Crippen LogP contribution in [0.3, 0.4) is 0 Å². The number of nitrogens with one attached hydrogen (secondary N) is 4. The summed E-state index contributed by atoms with van der Waals surface area (Å²) in [4.78, 5) is 0.